The molecule has 8 heteroatoms. The van der Waals surface area contributed by atoms with E-state index in [2.05, 4.69) is 9.97 Å². The summed E-state index contributed by atoms with van der Waals surface area (Å²) >= 11 is 5.88. The van der Waals surface area contributed by atoms with Crippen molar-refractivity contribution in [1.29, 1.82) is 0 Å². The molecule has 0 amide bonds. The van der Waals surface area contributed by atoms with Gasteiger partial charge in [-0.25, -0.2) is 4.79 Å². The molecule has 22 heavy (non-hydrogen) atoms. The van der Waals surface area contributed by atoms with E-state index in [1.54, 1.807) is 6.07 Å². The average molecular weight is 325 g/mol. The zero-order valence-corrected chi connectivity index (χ0v) is 12.9. The van der Waals surface area contributed by atoms with Crippen LogP contribution in [-0.2, 0) is 4.74 Å². The van der Waals surface area contributed by atoms with E-state index >= 15 is 0 Å². The second-order valence-electron chi connectivity index (χ2n) is 3.97. The molecule has 2 rings (SSSR count). The Balaban J connectivity index is 2.40. The highest BCUT2D eigenvalue weighted by molar-refractivity contribution is 6.31. The molecular weight excluding hydrogens is 312 g/mol. The van der Waals surface area contributed by atoms with E-state index in [0.29, 0.717) is 5.02 Å². The van der Waals surface area contributed by atoms with Gasteiger partial charge in [0.2, 0.25) is 11.8 Å². The summed E-state index contributed by atoms with van der Waals surface area (Å²) in [7, 11) is 4.17. The van der Waals surface area contributed by atoms with Gasteiger partial charge in [0, 0.05) is 5.02 Å². The van der Waals surface area contributed by atoms with E-state index in [9.17, 15) is 4.79 Å². The molecule has 1 aromatic heterocycles. The minimum absolute atomic E-state index is 0.0383. The van der Waals surface area contributed by atoms with Crippen molar-refractivity contribution >= 4 is 17.6 Å². The molecule has 0 aliphatic carbocycles. The third kappa shape index (κ3) is 3.56. The molecule has 0 fully saturated rings. The molecule has 0 spiro atoms. The van der Waals surface area contributed by atoms with E-state index in [0.717, 1.165) is 0 Å². The van der Waals surface area contributed by atoms with Crippen molar-refractivity contribution in [3.05, 3.63) is 34.9 Å². The van der Waals surface area contributed by atoms with Crippen molar-refractivity contribution in [1.82, 2.24) is 9.97 Å². The van der Waals surface area contributed by atoms with Crippen LogP contribution in [0.3, 0.4) is 0 Å². The maximum Gasteiger partial charge on any atom is 0.341 e. The Labute approximate surface area is 131 Å². The quantitative estimate of drug-likeness (QED) is 0.782. The zero-order valence-electron chi connectivity index (χ0n) is 12.1. The van der Waals surface area contributed by atoms with Gasteiger partial charge in [0.05, 0.1) is 27.4 Å². The fraction of sp³-hybridized carbons (Fsp3) is 0.214. The molecule has 0 N–H and O–H groups in total. The van der Waals surface area contributed by atoms with Crippen LogP contribution in [0.1, 0.15) is 10.4 Å². The second kappa shape index (κ2) is 6.95. The fourth-order valence-corrected chi connectivity index (χ4v) is 1.77. The van der Waals surface area contributed by atoms with Crippen molar-refractivity contribution in [2.24, 2.45) is 0 Å². The summed E-state index contributed by atoms with van der Waals surface area (Å²) in [6.07, 6.45) is 0. The van der Waals surface area contributed by atoms with Crippen LogP contribution in [0.2, 0.25) is 5.02 Å². The monoisotopic (exact) mass is 324 g/mol. The number of esters is 1. The molecule has 0 aliphatic heterocycles. The Morgan fingerprint density at radius 1 is 1.05 bits per heavy atom. The lowest BCUT2D eigenvalue weighted by Gasteiger charge is -2.10. The predicted octanol–water partition coefficient (Wildman–Crippen LogP) is 2.73. The third-order valence-corrected chi connectivity index (χ3v) is 2.86. The van der Waals surface area contributed by atoms with Gasteiger partial charge in [0.25, 0.3) is 0 Å². The molecule has 0 saturated heterocycles. The van der Waals surface area contributed by atoms with Gasteiger partial charge in [-0.1, -0.05) is 11.6 Å². The molecule has 0 saturated carbocycles. The van der Waals surface area contributed by atoms with E-state index < -0.39 is 5.97 Å². The standard InChI is InChI=1S/C14H13ClN2O5/c1-19-11-7-12(20-2)17-14(16-11)22-10-5-4-8(15)6-9(10)13(18)21-3/h4-7H,1-3H3. The first kappa shape index (κ1) is 15.8. The highest BCUT2D eigenvalue weighted by atomic mass is 35.5. The number of nitrogens with zero attached hydrogens (tertiary/aromatic N) is 2. The number of ether oxygens (including phenoxy) is 4. The number of aromatic nitrogens is 2. The molecule has 116 valence electrons. The molecule has 0 unspecified atom stereocenters. The van der Waals surface area contributed by atoms with Crippen LogP contribution in [-0.4, -0.2) is 37.3 Å². The lowest BCUT2D eigenvalue weighted by Crippen LogP contribution is -2.05. The van der Waals surface area contributed by atoms with Crippen molar-refractivity contribution < 1.29 is 23.7 Å². The molecule has 0 aliphatic rings. The molecule has 2 aromatic rings. The number of hydrogen-bond donors (Lipinski definition) is 0. The number of carbonyl (C=O) groups is 1. The summed E-state index contributed by atoms with van der Waals surface area (Å²) in [5.74, 6) is 0.129. The predicted molar refractivity (Wildman–Crippen MR) is 78.0 cm³/mol. The normalized spacial score (nSPS) is 10.0. The lowest BCUT2D eigenvalue weighted by atomic mass is 10.2. The highest BCUT2D eigenvalue weighted by Gasteiger charge is 2.16. The number of carbonyl (C=O) groups excluding carboxylic acids is 1. The minimum Gasteiger partial charge on any atom is -0.481 e. The van der Waals surface area contributed by atoms with E-state index in [4.69, 9.17) is 30.5 Å². The summed E-state index contributed by atoms with van der Waals surface area (Å²) in [4.78, 5) is 19.8. The SMILES string of the molecule is COC(=O)c1cc(Cl)ccc1Oc1nc(OC)cc(OC)n1. The summed E-state index contributed by atoms with van der Waals surface area (Å²) in [6.45, 7) is 0. The van der Waals surface area contributed by atoms with Crippen molar-refractivity contribution in [2.75, 3.05) is 21.3 Å². The van der Waals surface area contributed by atoms with E-state index in [-0.39, 0.29) is 29.1 Å². The number of halogens is 1. The first-order valence-electron chi connectivity index (χ1n) is 6.10. The van der Waals surface area contributed by atoms with Crippen LogP contribution in [0.4, 0.5) is 0 Å². The average Bonchev–Trinajstić information content (AvgIpc) is 2.55. The lowest BCUT2D eigenvalue weighted by molar-refractivity contribution is 0.0597. The number of benzene rings is 1. The molecule has 1 heterocycles. The topological polar surface area (TPSA) is 79.8 Å². The third-order valence-electron chi connectivity index (χ3n) is 2.63. The molecule has 1 aromatic carbocycles. The maximum absolute atomic E-state index is 11.8. The number of hydrogen-bond acceptors (Lipinski definition) is 7. The van der Waals surface area contributed by atoms with Gasteiger partial charge in [-0.2, -0.15) is 9.97 Å². The van der Waals surface area contributed by atoms with Gasteiger partial charge in [-0.05, 0) is 18.2 Å². The molecule has 0 bridgehead atoms. The van der Waals surface area contributed by atoms with Gasteiger partial charge >= 0.3 is 12.0 Å². The molecule has 7 nitrogen and oxygen atoms in total. The molecular formula is C14H13ClN2O5. The van der Waals surface area contributed by atoms with Gasteiger partial charge in [0.15, 0.2) is 0 Å². The Bertz CT molecular complexity index is 671. The summed E-state index contributed by atoms with van der Waals surface area (Å²) in [5, 5.41) is 0.372. The zero-order chi connectivity index (χ0) is 16.1. The molecule has 0 radical (unpaired) electrons. The number of rotatable bonds is 5. The number of methoxy groups -OCH3 is 3. The van der Waals surface area contributed by atoms with Crippen LogP contribution < -0.4 is 14.2 Å². The Morgan fingerprint density at radius 2 is 1.68 bits per heavy atom. The first-order valence-corrected chi connectivity index (χ1v) is 6.48. The van der Waals surface area contributed by atoms with Crippen LogP contribution in [0, 0.1) is 0 Å². The minimum atomic E-state index is -0.590. The van der Waals surface area contributed by atoms with Crippen molar-refractivity contribution in [3.63, 3.8) is 0 Å². The summed E-state index contributed by atoms with van der Waals surface area (Å²) in [6, 6.07) is 5.98. The van der Waals surface area contributed by atoms with Crippen molar-refractivity contribution in [2.45, 2.75) is 0 Å². The molecule has 0 atom stereocenters. The Kier molecular flexibility index (Phi) is 5.00. The van der Waals surface area contributed by atoms with Crippen LogP contribution in [0.5, 0.6) is 23.5 Å². The maximum atomic E-state index is 11.8. The van der Waals surface area contributed by atoms with E-state index in [1.807, 2.05) is 0 Å². The Morgan fingerprint density at radius 3 is 2.23 bits per heavy atom. The summed E-state index contributed by atoms with van der Waals surface area (Å²) < 4.78 is 20.3. The van der Waals surface area contributed by atoms with Gasteiger partial charge in [-0.3, -0.25) is 0 Å². The first-order chi connectivity index (χ1) is 10.6. The van der Waals surface area contributed by atoms with Crippen LogP contribution >= 0.6 is 11.6 Å². The van der Waals surface area contributed by atoms with Gasteiger partial charge < -0.3 is 18.9 Å². The largest absolute Gasteiger partial charge is 0.481 e. The fourth-order valence-electron chi connectivity index (χ4n) is 1.60. The summed E-state index contributed by atoms with van der Waals surface area (Å²) in [5.41, 5.74) is 0.153. The van der Waals surface area contributed by atoms with E-state index in [1.165, 1.54) is 39.5 Å². The smallest absolute Gasteiger partial charge is 0.341 e. The van der Waals surface area contributed by atoms with Crippen LogP contribution in [0.25, 0.3) is 0 Å². The van der Waals surface area contributed by atoms with Gasteiger partial charge in [0.1, 0.15) is 11.3 Å². The Hall–Kier alpha value is -2.54. The van der Waals surface area contributed by atoms with Gasteiger partial charge in [-0.15, -0.1) is 0 Å². The van der Waals surface area contributed by atoms with Crippen molar-refractivity contribution in [3.8, 4) is 23.5 Å². The highest BCUT2D eigenvalue weighted by Crippen LogP contribution is 2.29. The van der Waals surface area contributed by atoms with Crippen LogP contribution in [0.15, 0.2) is 24.3 Å². The second-order valence-corrected chi connectivity index (χ2v) is 4.41.